The number of hydrogen-bond acceptors (Lipinski definition) is 3. The van der Waals surface area contributed by atoms with Crippen LogP contribution >= 0.6 is 0 Å². The Kier molecular flexibility index (Phi) is 3.98. The smallest absolute Gasteiger partial charge is 0.138 e. The molecule has 1 heterocycles. The summed E-state index contributed by atoms with van der Waals surface area (Å²) < 4.78 is 1.75. The number of aromatic nitrogens is 3. The van der Waals surface area contributed by atoms with Gasteiger partial charge in [0.05, 0.1) is 5.69 Å². The molecule has 0 unspecified atom stereocenters. The molecule has 1 aromatic heterocycles. The van der Waals surface area contributed by atoms with Crippen LogP contribution < -0.4 is 0 Å². The Bertz CT molecular complexity index is 483. The third kappa shape index (κ3) is 2.34. The number of hydrogen-bond donors (Lipinski definition) is 0. The number of aryl methyl sites for hydroxylation is 1. The molecular formula is C12H12N4. The van der Waals surface area contributed by atoms with Crippen molar-refractivity contribution in [2.24, 2.45) is 0 Å². The van der Waals surface area contributed by atoms with Crippen LogP contribution in [0.1, 0.15) is 11.1 Å². The first-order chi connectivity index (χ1) is 7.81. The zero-order chi connectivity index (χ0) is 12.0. The lowest BCUT2D eigenvalue weighted by Gasteiger charge is -2.05. The van der Waals surface area contributed by atoms with Crippen LogP contribution in [-0.4, -0.2) is 14.8 Å². The minimum Gasteiger partial charge on any atom is -0.223 e. The Morgan fingerprint density at radius 1 is 1.44 bits per heavy atom. The van der Waals surface area contributed by atoms with Crippen LogP contribution in [0.15, 0.2) is 37.4 Å². The largest absolute Gasteiger partial charge is 0.223 e. The molecule has 1 aromatic carbocycles. The summed E-state index contributed by atoms with van der Waals surface area (Å²) in [5.74, 6) is 0. The van der Waals surface area contributed by atoms with E-state index in [-0.39, 0.29) is 0 Å². The van der Waals surface area contributed by atoms with Gasteiger partial charge >= 0.3 is 0 Å². The Morgan fingerprint density at radius 3 is 2.69 bits per heavy atom. The van der Waals surface area contributed by atoms with Gasteiger partial charge in [0.25, 0.3) is 0 Å². The SMILES string of the molecule is C#N.C=Cc1ccc(-n2cncn2)c(C)c1. The topological polar surface area (TPSA) is 54.5 Å². The third-order valence-electron chi connectivity index (χ3n) is 2.12. The maximum absolute atomic E-state index is 6.50. The summed E-state index contributed by atoms with van der Waals surface area (Å²) in [6, 6.07) is 6.10. The highest BCUT2D eigenvalue weighted by molar-refractivity contribution is 5.53. The van der Waals surface area contributed by atoms with E-state index >= 15 is 0 Å². The van der Waals surface area contributed by atoms with Crippen molar-refractivity contribution < 1.29 is 0 Å². The summed E-state index contributed by atoms with van der Waals surface area (Å²) in [6.45, 7) is 9.28. The summed E-state index contributed by atoms with van der Waals surface area (Å²) in [7, 11) is 0. The molecule has 0 aliphatic rings. The molecule has 0 aliphatic heterocycles. The molecule has 0 spiro atoms. The van der Waals surface area contributed by atoms with Crippen LogP contribution in [-0.2, 0) is 0 Å². The Hall–Kier alpha value is -2.41. The van der Waals surface area contributed by atoms with Crippen molar-refractivity contribution in [3.8, 4) is 12.3 Å². The number of nitrogens with zero attached hydrogens (tertiary/aromatic N) is 4. The number of rotatable bonds is 2. The van der Waals surface area contributed by atoms with Crippen LogP contribution in [0.3, 0.4) is 0 Å². The molecule has 0 aliphatic carbocycles. The van der Waals surface area contributed by atoms with Crippen molar-refractivity contribution in [3.05, 3.63) is 48.6 Å². The van der Waals surface area contributed by atoms with Crippen molar-refractivity contribution in [1.29, 1.82) is 5.26 Å². The molecule has 0 atom stereocenters. The molecule has 2 aromatic rings. The van der Waals surface area contributed by atoms with Crippen molar-refractivity contribution in [1.82, 2.24) is 14.8 Å². The van der Waals surface area contributed by atoms with E-state index in [4.69, 9.17) is 5.26 Å². The van der Waals surface area contributed by atoms with E-state index < -0.39 is 0 Å². The fourth-order valence-electron chi connectivity index (χ4n) is 1.40. The molecule has 2 rings (SSSR count). The highest BCUT2D eigenvalue weighted by atomic mass is 15.3. The monoisotopic (exact) mass is 212 g/mol. The highest BCUT2D eigenvalue weighted by Gasteiger charge is 2.00. The van der Waals surface area contributed by atoms with Crippen molar-refractivity contribution in [2.45, 2.75) is 6.92 Å². The van der Waals surface area contributed by atoms with Gasteiger partial charge in [-0.25, -0.2) is 14.9 Å². The van der Waals surface area contributed by atoms with Gasteiger partial charge in [0, 0.05) is 6.57 Å². The normalized spacial score (nSPS) is 8.94. The van der Waals surface area contributed by atoms with Gasteiger partial charge in [-0.05, 0) is 30.2 Å². The first-order valence-corrected chi connectivity index (χ1v) is 4.65. The Morgan fingerprint density at radius 2 is 2.19 bits per heavy atom. The Labute approximate surface area is 94.5 Å². The molecule has 0 amide bonds. The lowest BCUT2D eigenvalue weighted by molar-refractivity contribution is 0.871. The van der Waals surface area contributed by atoms with Crippen LogP contribution in [0.25, 0.3) is 11.8 Å². The molecule has 0 fully saturated rings. The molecule has 0 saturated carbocycles. The van der Waals surface area contributed by atoms with Crippen molar-refractivity contribution >= 4 is 6.08 Å². The van der Waals surface area contributed by atoms with E-state index in [2.05, 4.69) is 29.3 Å². The Balaban J connectivity index is 0.000000606. The molecule has 0 radical (unpaired) electrons. The molecule has 16 heavy (non-hydrogen) atoms. The van der Waals surface area contributed by atoms with Gasteiger partial charge in [0.1, 0.15) is 12.7 Å². The van der Waals surface area contributed by atoms with Crippen LogP contribution in [0.2, 0.25) is 0 Å². The maximum atomic E-state index is 6.50. The van der Waals surface area contributed by atoms with Gasteiger partial charge in [-0.15, -0.1) is 0 Å². The standard InChI is InChI=1S/C11H11N3.CHN/c1-3-10-4-5-11(9(2)6-10)14-8-12-7-13-14;1-2/h3-8H,1H2,2H3;1H. The van der Waals surface area contributed by atoms with Gasteiger partial charge in [-0.3, -0.25) is 0 Å². The summed E-state index contributed by atoms with van der Waals surface area (Å²) in [6.07, 6.45) is 5.05. The molecular weight excluding hydrogens is 200 g/mol. The first-order valence-electron chi connectivity index (χ1n) is 4.65. The average Bonchev–Trinajstić information content (AvgIpc) is 2.85. The zero-order valence-electron chi connectivity index (χ0n) is 9.04. The zero-order valence-corrected chi connectivity index (χ0v) is 9.04. The molecule has 4 nitrogen and oxygen atoms in total. The fraction of sp³-hybridized carbons (Fsp3) is 0.0833. The van der Waals surface area contributed by atoms with Gasteiger partial charge in [-0.1, -0.05) is 18.7 Å². The average molecular weight is 212 g/mol. The van der Waals surface area contributed by atoms with E-state index in [0.717, 1.165) is 16.8 Å². The van der Waals surface area contributed by atoms with Crippen LogP contribution in [0.5, 0.6) is 0 Å². The van der Waals surface area contributed by atoms with Crippen molar-refractivity contribution in [3.63, 3.8) is 0 Å². The van der Waals surface area contributed by atoms with E-state index in [0.29, 0.717) is 0 Å². The van der Waals surface area contributed by atoms with E-state index in [1.165, 1.54) is 6.33 Å². The lowest BCUT2D eigenvalue weighted by atomic mass is 10.1. The van der Waals surface area contributed by atoms with Gasteiger partial charge in [0.2, 0.25) is 0 Å². The van der Waals surface area contributed by atoms with Crippen molar-refractivity contribution in [2.75, 3.05) is 0 Å². The van der Waals surface area contributed by atoms with Gasteiger partial charge in [-0.2, -0.15) is 5.10 Å². The van der Waals surface area contributed by atoms with E-state index in [9.17, 15) is 0 Å². The predicted molar refractivity (Wildman–Crippen MR) is 62.9 cm³/mol. The molecule has 80 valence electrons. The summed E-state index contributed by atoms with van der Waals surface area (Å²) in [4.78, 5) is 3.91. The molecule has 0 saturated heterocycles. The van der Waals surface area contributed by atoms with E-state index in [1.54, 1.807) is 11.0 Å². The second-order valence-electron chi connectivity index (χ2n) is 3.09. The molecule has 0 bridgehead atoms. The summed E-state index contributed by atoms with van der Waals surface area (Å²) >= 11 is 0. The van der Waals surface area contributed by atoms with E-state index in [1.807, 2.05) is 25.1 Å². The van der Waals surface area contributed by atoms with Gasteiger partial charge < -0.3 is 0 Å². The second-order valence-corrected chi connectivity index (χ2v) is 3.09. The summed E-state index contributed by atoms with van der Waals surface area (Å²) in [5, 5.41) is 10.6. The lowest BCUT2D eigenvalue weighted by Crippen LogP contribution is -1.97. The minimum absolute atomic E-state index is 1.05. The first kappa shape index (κ1) is 11.7. The quantitative estimate of drug-likeness (QED) is 0.767. The summed E-state index contributed by atoms with van der Waals surface area (Å²) in [5.41, 5.74) is 3.33. The third-order valence-corrected chi connectivity index (χ3v) is 2.12. The molecule has 0 N–H and O–H groups in total. The minimum atomic E-state index is 1.05. The van der Waals surface area contributed by atoms with Gasteiger partial charge in [0.15, 0.2) is 0 Å². The number of benzene rings is 1. The highest BCUT2D eigenvalue weighted by Crippen LogP contribution is 2.14. The van der Waals surface area contributed by atoms with Crippen LogP contribution in [0.4, 0.5) is 0 Å². The predicted octanol–water partition coefficient (Wildman–Crippen LogP) is 2.36. The number of nitriles is 1. The maximum Gasteiger partial charge on any atom is 0.138 e. The second kappa shape index (κ2) is 5.47. The molecule has 4 heteroatoms. The van der Waals surface area contributed by atoms with Crippen LogP contribution in [0, 0.1) is 18.8 Å². The fourth-order valence-corrected chi connectivity index (χ4v) is 1.40.